The average Bonchev–Trinajstić information content (AvgIpc) is 3.34. The van der Waals surface area contributed by atoms with Gasteiger partial charge in [0.15, 0.2) is 5.78 Å². The van der Waals surface area contributed by atoms with Crippen LogP contribution in [0.3, 0.4) is 0 Å². The van der Waals surface area contributed by atoms with Crippen molar-refractivity contribution in [3.63, 3.8) is 0 Å². The lowest BCUT2D eigenvalue weighted by molar-refractivity contribution is 0.0763. The lowest BCUT2D eigenvalue weighted by atomic mass is 9.99. The molecule has 1 aliphatic rings. The number of fused-ring (bicyclic) bond motifs is 1. The number of aromatic nitrogens is 3. The fourth-order valence-corrected chi connectivity index (χ4v) is 3.90. The van der Waals surface area contributed by atoms with Gasteiger partial charge < -0.3 is 10.3 Å². The Morgan fingerprint density at radius 2 is 2.00 bits per heavy atom. The number of carbonyl (C=O) groups excluding carboxylic acids is 2. The molecule has 7 heteroatoms. The molecule has 1 atom stereocenters. The van der Waals surface area contributed by atoms with Gasteiger partial charge in [-0.3, -0.25) is 19.2 Å². The molecule has 0 spiro atoms. The summed E-state index contributed by atoms with van der Waals surface area (Å²) in [5.74, 6) is 0.0461. The number of hydrogen-bond donors (Lipinski definition) is 2. The second-order valence-electron chi connectivity index (χ2n) is 7.47. The van der Waals surface area contributed by atoms with E-state index < -0.39 is 0 Å². The topological polar surface area (TPSA) is 83.0 Å². The Hall–Kier alpha value is -2.93. The van der Waals surface area contributed by atoms with Crippen molar-refractivity contribution in [1.82, 2.24) is 25.0 Å². The van der Waals surface area contributed by atoms with Gasteiger partial charge in [0.05, 0.1) is 17.8 Å². The van der Waals surface area contributed by atoms with Gasteiger partial charge in [0.25, 0.3) is 5.91 Å². The Kier molecular flexibility index (Phi) is 5.00. The molecule has 0 saturated carbocycles. The van der Waals surface area contributed by atoms with E-state index in [9.17, 15) is 9.59 Å². The highest BCUT2D eigenvalue weighted by Gasteiger charge is 2.29. The Bertz CT molecular complexity index is 997. The SMILES string of the molecule is CC(C(=O)c1c[nH]c2ccccc12)N1CCC(NC(=O)c2cnn(C)c2)CC1. The van der Waals surface area contributed by atoms with Crippen molar-refractivity contribution >= 4 is 22.6 Å². The van der Waals surface area contributed by atoms with Crippen LogP contribution in [0, 0.1) is 0 Å². The molecule has 28 heavy (non-hydrogen) atoms. The molecule has 3 aromatic rings. The van der Waals surface area contributed by atoms with E-state index in [0.29, 0.717) is 5.56 Å². The van der Waals surface area contributed by atoms with E-state index >= 15 is 0 Å². The van der Waals surface area contributed by atoms with Crippen LogP contribution in [0.4, 0.5) is 0 Å². The van der Waals surface area contributed by atoms with Crippen LogP contribution in [-0.4, -0.2) is 56.5 Å². The third kappa shape index (κ3) is 3.57. The molecule has 2 aromatic heterocycles. The highest BCUT2D eigenvalue weighted by molar-refractivity contribution is 6.10. The maximum atomic E-state index is 13.0. The van der Waals surface area contributed by atoms with E-state index in [-0.39, 0.29) is 23.8 Å². The number of benzene rings is 1. The second-order valence-corrected chi connectivity index (χ2v) is 7.47. The van der Waals surface area contributed by atoms with Crippen molar-refractivity contribution in [3.05, 3.63) is 54.0 Å². The van der Waals surface area contributed by atoms with E-state index in [1.807, 2.05) is 37.4 Å². The van der Waals surface area contributed by atoms with E-state index in [1.54, 1.807) is 24.1 Å². The molecule has 2 N–H and O–H groups in total. The summed E-state index contributed by atoms with van der Waals surface area (Å²) in [6.45, 7) is 3.54. The summed E-state index contributed by atoms with van der Waals surface area (Å²) < 4.78 is 1.62. The molecule has 1 saturated heterocycles. The first-order chi connectivity index (χ1) is 13.5. The summed E-state index contributed by atoms with van der Waals surface area (Å²) >= 11 is 0. The summed E-state index contributed by atoms with van der Waals surface area (Å²) in [5, 5.41) is 8.09. The molecular formula is C21H25N5O2. The van der Waals surface area contributed by atoms with E-state index in [2.05, 4.69) is 20.3 Å². The molecule has 1 amide bonds. The maximum Gasteiger partial charge on any atom is 0.254 e. The van der Waals surface area contributed by atoms with Crippen molar-refractivity contribution in [2.75, 3.05) is 13.1 Å². The fourth-order valence-electron chi connectivity index (χ4n) is 3.90. The number of ketones is 1. The quantitative estimate of drug-likeness (QED) is 0.667. The molecule has 4 rings (SSSR count). The highest BCUT2D eigenvalue weighted by atomic mass is 16.1. The zero-order valence-electron chi connectivity index (χ0n) is 16.2. The summed E-state index contributed by atoms with van der Waals surface area (Å²) in [7, 11) is 1.79. The van der Waals surface area contributed by atoms with Gasteiger partial charge in [-0.25, -0.2) is 0 Å². The third-order valence-electron chi connectivity index (χ3n) is 5.61. The number of aryl methyl sites for hydroxylation is 1. The van der Waals surface area contributed by atoms with Crippen LogP contribution in [0.15, 0.2) is 42.9 Å². The van der Waals surface area contributed by atoms with E-state index in [1.165, 1.54) is 0 Å². The van der Waals surface area contributed by atoms with Crippen LogP contribution in [0.2, 0.25) is 0 Å². The smallest absolute Gasteiger partial charge is 0.254 e. The standard InChI is InChI=1S/C21H25N5O2/c1-14(20(27)18-12-22-19-6-4-3-5-17(18)19)26-9-7-16(8-10-26)24-21(28)15-11-23-25(2)13-15/h3-6,11-14,16,22H,7-10H2,1-2H3,(H,24,28). The number of aromatic amines is 1. The lowest BCUT2D eigenvalue weighted by Gasteiger charge is -2.35. The van der Waals surface area contributed by atoms with Gasteiger partial charge in [-0.15, -0.1) is 0 Å². The first-order valence-corrected chi connectivity index (χ1v) is 9.67. The number of amides is 1. The summed E-state index contributed by atoms with van der Waals surface area (Å²) in [6.07, 6.45) is 6.76. The van der Waals surface area contributed by atoms with Crippen LogP contribution >= 0.6 is 0 Å². The first-order valence-electron chi connectivity index (χ1n) is 9.67. The average molecular weight is 379 g/mol. The Balaban J connectivity index is 1.35. The van der Waals surface area contributed by atoms with Gasteiger partial charge in [-0.1, -0.05) is 18.2 Å². The third-order valence-corrected chi connectivity index (χ3v) is 5.61. The van der Waals surface area contributed by atoms with Crippen LogP contribution in [0.25, 0.3) is 10.9 Å². The summed E-state index contributed by atoms with van der Waals surface area (Å²) in [4.78, 5) is 30.7. The minimum absolute atomic E-state index is 0.0885. The zero-order valence-corrected chi connectivity index (χ0v) is 16.2. The molecule has 0 radical (unpaired) electrons. The van der Waals surface area contributed by atoms with Crippen LogP contribution in [0.5, 0.6) is 0 Å². The zero-order chi connectivity index (χ0) is 19.7. The molecule has 146 valence electrons. The first kappa shape index (κ1) is 18.4. The Labute approximate surface area is 163 Å². The minimum Gasteiger partial charge on any atom is -0.360 e. The van der Waals surface area contributed by atoms with Gasteiger partial charge >= 0.3 is 0 Å². The lowest BCUT2D eigenvalue weighted by Crippen LogP contribution is -2.49. The van der Waals surface area contributed by atoms with Crippen molar-refractivity contribution in [3.8, 4) is 0 Å². The number of rotatable bonds is 5. The second kappa shape index (κ2) is 7.59. The summed E-state index contributed by atoms with van der Waals surface area (Å²) in [5.41, 5.74) is 2.30. The number of Topliss-reactive ketones (excluding diaryl/α,β-unsaturated/α-hetero) is 1. The van der Waals surface area contributed by atoms with Crippen molar-refractivity contribution in [1.29, 1.82) is 0 Å². The van der Waals surface area contributed by atoms with Gasteiger partial charge in [0.1, 0.15) is 0 Å². The number of piperidine rings is 1. The van der Waals surface area contributed by atoms with Gasteiger partial charge in [-0.05, 0) is 25.8 Å². The predicted molar refractivity (Wildman–Crippen MR) is 107 cm³/mol. The monoisotopic (exact) mass is 379 g/mol. The predicted octanol–water partition coefficient (Wildman–Crippen LogP) is 2.37. The maximum absolute atomic E-state index is 13.0. The Morgan fingerprint density at radius 1 is 1.25 bits per heavy atom. The van der Waals surface area contributed by atoms with Crippen LogP contribution in [0.1, 0.15) is 40.5 Å². The van der Waals surface area contributed by atoms with Crippen LogP contribution < -0.4 is 5.32 Å². The number of carbonyl (C=O) groups is 2. The molecule has 7 nitrogen and oxygen atoms in total. The fraction of sp³-hybridized carbons (Fsp3) is 0.381. The van der Waals surface area contributed by atoms with Crippen LogP contribution in [-0.2, 0) is 7.05 Å². The largest absolute Gasteiger partial charge is 0.360 e. The van der Waals surface area contributed by atoms with E-state index in [4.69, 9.17) is 0 Å². The number of nitrogens with one attached hydrogen (secondary N) is 2. The minimum atomic E-state index is -0.186. The number of nitrogens with zero attached hydrogens (tertiary/aromatic N) is 3. The van der Waals surface area contributed by atoms with Crippen molar-refractivity contribution in [2.24, 2.45) is 7.05 Å². The number of H-pyrrole nitrogens is 1. The molecule has 1 aliphatic heterocycles. The summed E-state index contributed by atoms with van der Waals surface area (Å²) in [6, 6.07) is 7.81. The molecule has 1 fully saturated rings. The van der Waals surface area contributed by atoms with Gasteiger partial charge in [0, 0.05) is 55.0 Å². The number of hydrogen-bond acceptors (Lipinski definition) is 4. The highest BCUT2D eigenvalue weighted by Crippen LogP contribution is 2.22. The van der Waals surface area contributed by atoms with Crippen molar-refractivity contribution in [2.45, 2.75) is 31.8 Å². The van der Waals surface area contributed by atoms with Crippen molar-refractivity contribution < 1.29 is 9.59 Å². The molecule has 3 heterocycles. The number of para-hydroxylation sites is 1. The molecule has 0 bridgehead atoms. The van der Waals surface area contributed by atoms with E-state index in [0.717, 1.165) is 42.4 Å². The van der Waals surface area contributed by atoms with Gasteiger partial charge in [0.2, 0.25) is 0 Å². The molecular weight excluding hydrogens is 354 g/mol. The molecule has 1 unspecified atom stereocenters. The molecule has 0 aliphatic carbocycles. The van der Waals surface area contributed by atoms with Gasteiger partial charge in [-0.2, -0.15) is 5.10 Å². The molecule has 1 aromatic carbocycles. The normalized spacial score (nSPS) is 16.9. The number of likely N-dealkylation sites (tertiary alicyclic amines) is 1. The Morgan fingerprint density at radius 3 is 2.71 bits per heavy atom.